The average Bonchev–Trinajstić information content (AvgIpc) is 3.14. The van der Waals surface area contributed by atoms with Crippen molar-refractivity contribution in [2.24, 2.45) is 5.10 Å². The van der Waals surface area contributed by atoms with Crippen molar-refractivity contribution in [2.45, 2.75) is 31.0 Å². The molecule has 0 aliphatic carbocycles. The number of halogens is 2. The van der Waals surface area contributed by atoms with Crippen LogP contribution >= 0.6 is 46.7 Å². The van der Waals surface area contributed by atoms with E-state index in [1.165, 1.54) is 0 Å². The van der Waals surface area contributed by atoms with Gasteiger partial charge in [0, 0.05) is 16.5 Å². The minimum absolute atomic E-state index is 0.0753. The van der Waals surface area contributed by atoms with Crippen molar-refractivity contribution in [1.29, 1.82) is 0 Å². The second kappa shape index (κ2) is 11.4. The number of amides is 1. The number of ether oxygens (including phenoxy) is 2. The highest BCUT2D eigenvalue weighted by Gasteiger charge is 2.32. The number of thioether (sulfide) groups is 2. The normalized spacial score (nSPS) is 15.2. The fourth-order valence-corrected chi connectivity index (χ4v) is 6.20. The number of rotatable bonds is 9. The fourth-order valence-electron chi connectivity index (χ4n) is 2.97. The number of carbonyl (C=O) groups is 1. The van der Waals surface area contributed by atoms with Crippen molar-refractivity contribution < 1.29 is 14.3 Å². The van der Waals surface area contributed by atoms with E-state index in [1.807, 2.05) is 54.7 Å². The zero-order valence-electron chi connectivity index (χ0n) is 17.3. The monoisotopic (exact) mass is 498 g/mol. The van der Waals surface area contributed by atoms with Crippen molar-refractivity contribution in [3.05, 3.63) is 57.6 Å². The lowest BCUT2D eigenvalue weighted by molar-refractivity contribution is -0.121. The third kappa shape index (κ3) is 7.24. The molecule has 2 aromatic carbocycles. The molecule has 2 aromatic rings. The molecule has 1 fully saturated rings. The zero-order chi connectivity index (χ0) is 22.3. The number of nitrogens with zero attached hydrogens (tertiary/aromatic N) is 1. The summed E-state index contributed by atoms with van der Waals surface area (Å²) in [4.78, 5) is 12.2. The lowest BCUT2D eigenvalue weighted by Gasteiger charge is -2.19. The van der Waals surface area contributed by atoms with Gasteiger partial charge in [0.05, 0.1) is 28.3 Å². The van der Waals surface area contributed by atoms with E-state index < -0.39 is 0 Å². The molecule has 0 radical (unpaired) electrons. The fraction of sp³-hybridized carbons (Fsp3) is 0.364. The minimum atomic E-state index is -0.111. The summed E-state index contributed by atoms with van der Waals surface area (Å²) in [6.45, 7) is 4.77. The van der Waals surface area contributed by atoms with Gasteiger partial charge in [0.15, 0.2) is 11.5 Å². The number of hydrazone groups is 1. The lowest BCUT2D eigenvalue weighted by atomic mass is 10.2. The molecule has 0 aromatic heterocycles. The Morgan fingerprint density at radius 3 is 2.58 bits per heavy atom. The Morgan fingerprint density at radius 2 is 1.90 bits per heavy atom. The van der Waals surface area contributed by atoms with Gasteiger partial charge in [-0.1, -0.05) is 35.3 Å². The lowest BCUT2D eigenvalue weighted by Crippen LogP contribution is -2.26. The number of benzene rings is 2. The largest absolute Gasteiger partial charge is 0.490 e. The molecule has 166 valence electrons. The van der Waals surface area contributed by atoms with Gasteiger partial charge in [0.1, 0.15) is 6.61 Å². The quantitative estimate of drug-likeness (QED) is 0.338. The minimum Gasteiger partial charge on any atom is -0.490 e. The van der Waals surface area contributed by atoms with Crippen LogP contribution in [0, 0.1) is 0 Å². The van der Waals surface area contributed by atoms with E-state index in [9.17, 15) is 4.79 Å². The molecule has 9 heteroatoms. The van der Waals surface area contributed by atoms with Gasteiger partial charge in [-0.25, -0.2) is 5.43 Å². The van der Waals surface area contributed by atoms with Gasteiger partial charge in [0.2, 0.25) is 5.91 Å². The first-order valence-corrected chi connectivity index (χ1v) is 12.5. The highest BCUT2D eigenvalue weighted by molar-refractivity contribution is 8.21. The molecular weight excluding hydrogens is 475 g/mol. The van der Waals surface area contributed by atoms with Crippen molar-refractivity contribution in [3.63, 3.8) is 0 Å². The Kier molecular flexibility index (Phi) is 8.84. The van der Waals surface area contributed by atoms with Crippen molar-refractivity contribution in [3.8, 4) is 11.5 Å². The second-order valence-electron chi connectivity index (χ2n) is 6.98. The first-order valence-electron chi connectivity index (χ1n) is 9.82. The maximum absolute atomic E-state index is 12.2. The summed E-state index contributed by atoms with van der Waals surface area (Å²) in [7, 11) is 0. The van der Waals surface area contributed by atoms with Crippen LogP contribution in [0.1, 0.15) is 31.4 Å². The van der Waals surface area contributed by atoms with Crippen LogP contribution in [0.15, 0.2) is 41.5 Å². The zero-order valence-corrected chi connectivity index (χ0v) is 20.5. The van der Waals surface area contributed by atoms with Crippen LogP contribution in [0.2, 0.25) is 10.0 Å². The van der Waals surface area contributed by atoms with E-state index in [4.69, 9.17) is 32.7 Å². The summed E-state index contributed by atoms with van der Waals surface area (Å²) in [5, 5.41) is 5.15. The van der Waals surface area contributed by atoms with Crippen LogP contribution in [0.3, 0.4) is 0 Å². The third-order valence-corrected chi connectivity index (χ3v) is 8.24. The van der Waals surface area contributed by atoms with Crippen LogP contribution in [0.25, 0.3) is 0 Å². The summed E-state index contributed by atoms with van der Waals surface area (Å²) >= 11 is 16.0. The van der Waals surface area contributed by atoms with E-state index in [0.29, 0.717) is 46.7 Å². The first kappa shape index (κ1) is 24.1. The summed E-state index contributed by atoms with van der Waals surface area (Å²) in [5.74, 6) is 3.01. The topological polar surface area (TPSA) is 59.9 Å². The molecule has 0 bridgehead atoms. The molecule has 1 aliphatic heterocycles. The molecule has 3 rings (SSSR count). The first-order chi connectivity index (χ1) is 14.9. The standard InChI is InChI=1S/C22H24Cl2N2O3S2/c1-3-28-19-11-16(13-25-26-20(27)12-22(2)30-8-9-31-22)10-18(24)21(19)29-14-15-4-6-17(23)7-5-15/h4-7,10-11,13H,3,8-9,12,14H2,1-2H3,(H,26,27). The van der Waals surface area contributed by atoms with Gasteiger partial charge in [-0.05, 0) is 49.2 Å². The number of hydrogen-bond acceptors (Lipinski definition) is 6. The molecule has 0 saturated carbocycles. The summed E-state index contributed by atoms with van der Waals surface area (Å²) in [6, 6.07) is 10.9. The molecule has 1 amide bonds. The molecule has 1 N–H and O–H groups in total. The molecule has 0 unspecified atom stereocenters. The highest BCUT2D eigenvalue weighted by atomic mass is 35.5. The molecule has 5 nitrogen and oxygen atoms in total. The molecule has 0 spiro atoms. The average molecular weight is 499 g/mol. The van der Waals surface area contributed by atoms with Gasteiger partial charge in [-0.3, -0.25) is 4.79 Å². The van der Waals surface area contributed by atoms with Crippen LogP contribution in [0.4, 0.5) is 0 Å². The Morgan fingerprint density at radius 1 is 1.19 bits per heavy atom. The molecule has 0 atom stereocenters. The van der Waals surface area contributed by atoms with Gasteiger partial charge in [-0.2, -0.15) is 5.10 Å². The molecular formula is C22H24Cl2N2O3S2. The van der Waals surface area contributed by atoms with Gasteiger partial charge in [0.25, 0.3) is 0 Å². The number of carbonyl (C=O) groups excluding carboxylic acids is 1. The van der Waals surface area contributed by atoms with E-state index in [1.54, 1.807) is 18.3 Å². The summed E-state index contributed by atoms with van der Waals surface area (Å²) < 4.78 is 11.5. The Labute approximate surface area is 201 Å². The van der Waals surface area contributed by atoms with Gasteiger partial charge < -0.3 is 9.47 Å². The maximum Gasteiger partial charge on any atom is 0.242 e. The predicted octanol–water partition coefficient (Wildman–Crippen LogP) is 6.01. The molecule has 1 saturated heterocycles. The van der Waals surface area contributed by atoms with Crippen molar-refractivity contribution in [2.75, 3.05) is 18.1 Å². The highest BCUT2D eigenvalue weighted by Crippen LogP contribution is 2.45. The number of nitrogens with one attached hydrogen (secondary N) is 1. The van der Waals surface area contributed by atoms with E-state index in [2.05, 4.69) is 17.5 Å². The van der Waals surface area contributed by atoms with Gasteiger partial charge >= 0.3 is 0 Å². The Balaban J connectivity index is 1.65. The van der Waals surface area contributed by atoms with E-state index >= 15 is 0 Å². The smallest absolute Gasteiger partial charge is 0.242 e. The predicted molar refractivity (Wildman–Crippen MR) is 132 cm³/mol. The Hall–Kier alpha value is -1.54. The van der Waals surface area contributed by atoms with Gasteiger partial charge in [-0.15, -0.1) is 23.5 Å². The summed E-state index contributed by atoms with van der Waals surface area (Å²) in [6.07, 6.45) is 1.97. The van der Waals surface area contributed by atoms with Crippen LogP contribution in [-0.2, 0) is 11.4 Å². The van der Waals surface area contributed by atoms with Crippen LogP contribution in [0.5, 0.6) is 11.5 Å². The molecule has 1 heterocycles. The third-order valence-electron chi connectivity index (χ3n) is 4.41. The second-order valence-corrected chi connectivity index (χ2v) is 11.3. The molecule has 31 heavy (non-hydrogen) atoms. The maximum atomic E-state index is 12.2. The van der Waals surface area contributed by atoms with Crippen molar-refractivity contribution >= 4 is 58.8 Å². The van der Waals surface area contributed by atoms with E-state index in [0.717, 1.165) is 17.1 Å². The van der Waals surface area contributed by atoms with Crippen LogP contribution in [-0.4, -0.2) is 34.3 Å². The van der Waals surface area contributed by atoms with E-state index in [-0.39, 0.29) is 9.99 Å². The molecule has 1 aliphatic rings. The Bertz CT molecular complexity index is 933. The summed E-state index contributed by atoms with van der Waals surface area (Å²) in [5.41, 5.74) is 4.26. The van der Waals surface area contributed by atoms with Crippen LogP contribution < -0.4 is 14.9 Å². The SMILES string of the molecule is CCOc1cc(C=NNC(=O)CC2(C)SCCS2)cc(Cl)c1OCc1ccc(Cl)cc1. The number of hydrogen-bond donors (Lipinski definition) is 1. The van der Waals surface area contributed by atoms with Crippen molar-refractivity contribution in [1.82, 2.24) is 5.43 Å².